The van der Waals surface area contributed by atoms with E-state index in [1.54, 1.807) is 0 Å². The second-order valence-corrected chi connectivity index (χ2v) is 15.8. The summed E-state index contributed by atoms with van der Waals surface area (Å²) in [6.07, 6.45) is 11.8. The molecule has 3 spiro atoms. The number of hydrogen-bond acceptors (Lipinski definition) is 5. The van der Waals surface area contributed by atoms with Crippen molar-refractivity contribution in [3.05, 3.63) is 0 Å². The molecule has 5 aliphatic heterocycles. The molecule has 0 aromatic heterocycles. The van der Waals surface area contributed by atoms with E-state index in [0.717, 1.165) is 34.0 Å². The minimum Gasteiger partial charge on any atom is -0.306 e. The SMILES string of the molecule is C.CC1CC2(C1)CN(C)C2.CC1CCC2(CC1)CN(C)C2.CC1CN(C)C1.CN1CCC2(CC1)CN(C)C2. The maximum atomic E-state index is 2.45. The molecule has 224 valence electrons. The van der Waals surface area contributed by atoms with Gasteiger partial charge in [0, 0.05) is 52.4 Å². The molecule has 0 atom stereocenters. The van der Waals surface area contributed by atoms with Crippen molar-refractivity contribution < 1.29 is 0 Å². The molecule has 2 aliphatic carbocycles. The van der Waals surface area contributed by atoms with Crippen LogP contribution in [0.1, 0.15) is 79.6 Å². The van der Waals surface area contributed by atoms with Gasteiger partial charge in [-0.05, 0) is 121 Å². The first-order valence-electron chi connectivity index (χ1n) is 15.8. The quantitative estimate of drug-likeness (QED) is 0.417. The summed E-state index contributed by atoms with van der Waals surface area (Å²) in [6.45, 7) is 20.5. The Labute approximate surface area is 238 Å². The number of rotatable bonds is 0. The van der Waals surface area contributed by atoms with Crippen LogP contribution in [0.2, 0.25) is 0 Å². The summed E-state index contributed by atoms with van der Waals surface area (Å²) in [4.78, 5) is 12.1. The summed E-state index contributed by atoms with van der Waals surface area (Å²) in [5.74, 6) is 3.00. The van der Waals surface area contributed by atoms with Gasteiger partial charge in [-0.25, -0.2) is 0 Å². The normalized spacial score (nSPS) is 32.4. The molecule has 5 heterocycles. The lowest BCUT2D eigenvalue weighted by Gasteiger charge is -2.57. The van der Waals surface area contributed by atoms with Crippen molar-refractivity contribution in [1.29, 1.82) is 0 Å². The van der Waals surface area contributed by atoms with Gasteiger partial charge in [0.15, 0.2) is 0 Å². The maximum Gasteiger partial charge on any atom is 0.00484 e. The standard InChI is InChI=1S/C10H19N.C9H18N2.C8H15N.C5H11N.CH4/c1-9-3-5-10(6-4-9)7-11(2)8-10;1-10-5-3-9(4-6-10)7-11(2)8-9;1-7-3-8(4-7)5-9(2)6-8;1-5-3-6(2)4-5;/h9H,3-8H2,1-2H3;3-8H2,1-2H3;7H,3-6H2,1-2H3;5H,3-4H2,1-2H3;1H4. The minimum absolute atomic E-state index is 0. The van der Waals surface area contributed by atoms with Crippen LogP contribution in [-0.2, 0) is 0 Å². The highest BCUT2D eigenvalue weighted by Crippen LogP contribution is 2.51. The molecule has 0 bridgehead atoms. The summed E-state index contributed by atoms with van der Waals surface area (Å²) in [7, 11) is 11.1. The average molecular weight is 534 g/mol. The molecule has 0 amide bonds. The Morgan fingerprint density at radius 1 is 0.447 bits per heavy atom. The van der Waals surface area contributed by atoms with Crippen LogP contribution in [0, 0.1) is 34.0 Å². The van der Waals surface area contributed by atoms with Crippen molar-refractivity contribution in [3.63, 3.8) is 0 Å². The monoisotopic (exact) mass is 534 g/mol. The first-order valence-corrected chi connectivity index (χ1v) is 15.8. The van der Waals surface area contributed by atoms with Gasteiger partial charge >= 0.3 is 0 Å². The number of hydrogen-bond donors (Lipinski definition) is 0. The molecule has 0 N–H and O–H groups in total. The van der Waals surface area contributed by atoms with E-state index in [0.29, 0.717) is 0 Å². The van der Waals surface area contributed by atoms with E-state index < -0.39 is 0 Å². The summed E-state index contributed by atoms with van der Waals surface area (Å²) in [5, 5.41) is 0. The fourth-order valence-electron chi connectivity index (χ4n) is 9.08. The third-order valence-corrected chi connectivity index (χ3v) is 10.8. The van der Waals surface area contributed by atoms with Crippen LogP contribution >= 0.6 is 0 Å². The van der Waals surface area contributed by atoms with Gasteiger partial charge in [-0.1, -0.05) is 41.0 Å². The van der Waals surface area contributed by atoms with Crippen LogP contribution in [0.3, 0.4) is 0 Å². The van der Waals surface area contributed by atoms with E-state index in [-0.39, 0.29) is 7.43 Å². The van der Waals surface area contributed by atoms with E-state index in [1.807, 2.05) is 0 Å². The van der Waals surface area contributed by atoms with Crippen molar-refractivity contribution in [1.82, 2.24) is 24.5 Å². The second-order valence-electron chi connectivity index (χ2n) is 15.8. The molecule has 5 saturated heterocycles. The van der Waals surface area contributed by atoms with Crippen LogP contribution in [0.5, 0.6) is 0 Å². The Hall–Kier alpha value is -0.200. The Morgan fingerprint density at radius 2 is 0.842 bits per heavy atom. The highest BCUT2D eigenvalue weighted by atomic mass is 15.2. The lowest BCUT2D eigenvalue weighted by molar-refractivity contribution is -0.0758. The fourth-order valence-corrected chi connectivity index (χ4v) is 9.08. The first-order chi connectivity index (χ1) is 17.4. The average Bonchev–Trinajstić information content (AvgIpc) is 2.74. The van der Waals surface area contributed by atoms with Gasteiger partial charge in [0.25, 0.3) is 0 Å². The van der Waals surface area contributed by atoms with Crippen molar-refractivity contribution >= 4 is 0 Å². The van der Waals surface area contributed by atoms with Gasteiger partial charge in [-0.15, -0.1) is 0 Å². The van der Waals surface area contributed by atoms with Crippen LogP contribution in [0.15, 0.2) is 0 Å². The predicted molar refractivity (Wildman–Crippen MR) is 166 cm³/mol. The van der Waals surface area contributed by atoms with Gasteiger partial charge in [-0.3, -0.25) is 0 Å². The van der Waals surface area contributed by atoms with Crippen LogP contribution < -0.4 is 0 Å². The first kappa shape index (κ1) is 32.3. The smallest absolute Gasteiger partial charge is 0.00484 e. The molecule has 0 radical (unpaired) electrons. The molecule has 7 rings (SSSR count). The molecule has 38 heavy (non-hydrogen) atoms. The summed E-state index contributed by atoms with van der Waals surface area (Å²) in [5.41, 5.74) is 2.33. The van der Waals surface area contributed by atoms with E-state index >= 15 is 0 Å². The third-order valence-electron chi connectivity index (χ3n) is 10.8. The van der Waals surface area contributed by atoms with E-state index in [2.05, 4.69) is 80.5 Å². The minimum atomic E-state index is 0. The Kier molecular flexibility index (Phi) is 11.2. The summed E-state index contributed by atoms with van der Waals surface area (Å²) in [6, 6.07) is 0. The largest absolute Gasteiger partial charge is 0.306 e. The van der Waals surface area contributed by atoms with Crippen molar-refractivity contribution in [2.24, 2.45) is 34.0 Å². The Morgan fingerprint density at radius 3 is 1.16 bits per heavy atom. The van der Waals surface area contributed by atoms with E-state index in [9.17, 15) is 0 Å². The summed E-state index contributed by atoms with van der Waals surface area (Å²) >= 11 is 0. The van der Waals surface area contributed by atoms with Gasteiger partial charge in [0.1, 0.15) is 0 Å². The molecular formula is C33H67N5. The zero-order valence-electron chi connectivity index (χ0n) is 26.2. The predicted octanol–water partition coefficient (Wildman–Crippen LogP) is 5.32. The van der Waals surface area contributed by atoms with E-state index in [1.165, 1.54) is 117 Å². The van der Waals surface area contributed by atoms with Crippen molar-refractivity contribution in [2.45, 2.75) is 79.6 Å². The zero-order chi connectivity index (χ0) is 26.8. The van der Waals surface area contributed by atoms with Crippen LogP contribution in [0.25, 0.3) is 0 Å². The molecule has 7 aliphatic rings. The molecule has 0 aromatic carbocycles. The van der Waals surface area contributed by atoms with Crippen LogP contribution in [0.4, 0.5) is 0 Å². The Balaban J connectivity index is 0.000000142. The lowest BCUT2D eigenvalue weighted by Crippen LogP contribution is -2.60. The van der Waals surface area contributed by atoms with Gasteiger partial charge in [0.2, 0.25) is 0 Å². The molecule has 5 nitrogen and oxygen atoms in total. The Bertz CT molecular complexity index is 613. The fraction of sp³-hybridized carbons (Fsp3) is 1.00. The number of likely N-dealkylation sites (tertiary alicyclic amines) is 5. The highest BCUT2D eigenvalue weighted by molar-refractivity contribution is 5.02. The molecular weight excluding hydrogens is 466 g/mol. The maximum absolute atomic E-state index is 2.45. The van der Waals surface area contributed by atoms with E-state index in [4.69, 9.17) is 0 Å². The molecule has 2 saturated carbocycles. The molecule has 0 aromatic rings. The number of nitrogens with zero attached hydrogens (tertiary/aromatic N) is 5. The number of piperidine rings is 1. The lowest BCUT2D eigenvalue weighted by atomic mass is 9.58. The van der Waals surface area contributed by atoms with Crippen LogP contribution in [-0.4, -0.2) is 125 Å². The summed E-state index contributed by atoms with van der Waals surface area (Å²) < 4.78 is 0. The second kappa shape index (κ2) is 13.2. The molecule has 5 heteroatoms. The topological polar surface area (TPSA) is 16.2 Å². The van der Waals surface area contributed by atoms with Crippen molar-refractivity contribution in [2.75, 3.05) is 101 Å². The molecule has 0 unspecified atom stereocenters. The third kappa shape index (κ3) is 8.41. The van der Waals surface area contributed by atoms with Gasteiger partial charge in [0.05, 0.1) is 0 Å². The van der Waals surface area contributed by atoms with Gasteiger partial charge < -0.3 is 24.5 Å². The van der Waals surface area contributed by atoms with Gasteiger partial charge in [-0.2, -0.15) is 0 Å². The highest BCUT2D eigenvalue weighted by Gasteiger charge is 2.49. The zero-order valence-corrected chi connectivity index (χ0v) is 26.2. The molecule has 7 fully saturated rings. The van der Waals surface area contributed by atoms with Crippen molar-refractivity contribution in [3.8, 4) is 0 Å².